The molecule has 2 aromatic carbocycles. The molecule has 1 unspecified atom stereocenters. The maximum Gasteiger partial charge on any atom is 0.296 e. The number of amides is 1. The summed E-state index contributed by atoms with van der Waals surface area (Å²) >= 11 is 0. The molecule has 0 spiro atoms. The number of aryl methyl sites for hydroxylation is 1. The van der Waals surface area contributed by atoms with Crippen LogP contribution in [0.25, 0.3) is 0 Å². The van der Waals surface area contributed by atoms with Gasteiger partial charge in [-0.3, -0.25) is 14.2 Å². The molecule has 1 amide bonds. The number of aromatic hydroxyl groups is 1. The zero-order valence-corrected chi connectivity index (χ0v) is 19.3. The van der Waals surface area contributed by atoms with Crippen LogP contribution in [0.4, 0.5) is 14.5 Å². The van der Waals surface area contributed by atoms with Crippen molar-refractivity contribution in [2.24, 2.45) is 7.05 Å². The van der Waals surface area contributed by atoms with Gasteiger partial charge in [-0.2, -0.15) is 5.26 Å². The van der Waals surface area contributed by atoms with E-state index in [0.717, 1.165) is 22.5 Å². The average molecular weight is 493 g/mol. The van der Waals surface area contributed by atoms with Crippen LogP contribution in [0.3, 0.4) is 0 Å². The Hall–Kier alpha value is -4.85. The van der Waals surface area contributed by atoms with E-state index in [2.05, 4.69) is 26.0 Å². The number of anilines is 1. The lowest BCUT2D eigenvalue weighted by Crippen LogP contribution is -2.22. The highest BCUT2D eigenvalue weighted by Gasteiger charge is 2.18. The second kappa shape index (κ2) is 11.5. The van der Waals surface area contributed by atoms with Gasteiger partial charge in [0.2, 0.25) is 5.75 Å². The van der Waals surface area contributed by atoms with Gasteiger partial charge in [0.15, 0.2) is 5.69 Å². The molecule has 0 bridgehead atoms. The molecule has 36 heavy (non-hydrogen) atoms. The molecule has 2 N–H and O–H groups in total. The topological polar surface area (TPSA) is 134 Å². The Bertz CT molecular complexity index is 1440. The number of hydrogen-bond donors (Lipinski definition) is 2. The van der Waals surface area contributed by atoms with Gasteiger partial charge in [-0.15, -0.1) is 0 Å². The molecule has 2 aromatic heterocycles. The molecule has 0 aliphatic heterocycles. The van der Waals surface area contributed by atoms with Gasteiger partial charge in [0.05, 0.1) is 24.2 Å². The molecule has 2 heterocycles. The number of nitrogens with one attached hydrogen (secondary N) is 1. The quantitative estimate of drug-likeness (QED) is 0.427. The van der Waals surface area contributed by atoms with E-state index in [4.69, 9.17) is 5.26 Å². The Morgan fingerprint density at radius 2 is 1.94 bits per heavy atom. The van der Waals surface area contributed by atoms with Crippen LogP contribution < -0.4 is 10.9 Å². The number of nitriles is 1. The van der Waals surface area contributed by atoms with Crippen LogP contribution in [0, 0.1) is 23.0 Å². The average Bonchev–Trinajstić information content (AvgIpc) is 3.36. The lowest BCUT2D eigenvalue weighted by Gasteiger charge is -2.17. The summed E-state index contributed by atoms with van der Waals surface area (Å²) in [6.45, 7) is 1.93. The number of carbonyl (C=O) groups excluding carboxylic acids is 1. The van der Waals surface area contributed by atoms with E-state index >= 15 is 0 Å². The molecule has 1 atom stereocenters. The SMILES string of the molecule is CCC(c1cc(F)cc(F)c1)c1ccccc1C#N.Cn1cnc(C(=O)Nc2cnoc2)c(O)c1=O. The highest BCUT2D eigenvalue weighted by atomic mass is 19.1. The minimum Gasteiger partial charge on any atom is -0.501 e. The summed E-state index contributed by atoms with van der Waals surface area (Å²) in [6, 6.07) is 12.8. The molecular formula is C25H21F2N5O4. The normalized spacial score (nSPS) is 11.1. The summed E-state index contributed by atoms with van der Waals surface area (Å²) in [5.74, 6) is -2.79. The molecule has 11 heteroatoms. The molecule has 184 valence electrons. The van der Waals surface area contributed by atoms with Crippen molar-refractivity contribution in [2.75, 3.05) is 5.32 Å². The molecule has 0 aliphatic rings. The van der Waals surface area contributed by atoms with Gasteiger partial charge < -0.3 is 14.9 Å². The molecule has 0 aliphatic carbocycles. The highest BCUT2D eigenvalue weighted by molar-refractivity contribution is 6.04. The Kier molecular flexibility index (Phi) is 8.25. The van der Waals surface area contributed by atoms with Crippen LogP contribution in [-0.2, 0) is 7.05 Å². The van der Waals surface area contributed by atoms with Crippen molar-refractivity contribution in [2.45, 2.75) is 19.3 Å². The maximum absolute atomic E-state index is 13.3. The van der Waals surface area contributed by atoms with Gasteiger partial charge in [0.25, 0.3) is 11.5 Å². The number of aromatic nitrogens is 3. The monoisotopic (exact) mass is 493 g/mol. The fourth-order valence-electron chi connectivity index (χ4n) is 3.46. The van der Waals surface area contributed by atoms with Crippen LogP contribution in [0.15, 0.2) is 70.6 Å². The number of hydrogen-bond acceptors (Lipinski definition) is 7. The standard InChI is InChI=1S/C16H13F2N.C9H8N4O4/c1-2-15(12-7-13(17)9-14(18)8-12)16-6-4-3-5-11(16)10-19;1-13-4-10-6(7(14)9(13)16)8(15)12-5-2-11-17-3-5/h3-9,15H,2H2,1H3;2-4,14H,1H3,(H,12,15). The zero-order chi connectivity index (χ0) is 26.2. The third-order valence-corrected chi connectivity index (χ3v) is 5.16. The largest absolute Gasteiger partial charge is 0.501 e. The third kappa shape index (κ3) is 5.98. The van der Waals surface area contributed by atoms with Crippen LogP contribution >= 0.6 is 0 Å². The van der Waals surface area contributed by atoms with E-state index < -0.39 is 28.9 Å². The predicted octanol–water partition coefficient (Wildman–Crippen LogP) is 4.10. The minimum absolute atomic E-state index is 0.180. The van der Waals surface area contributed by atoms with E-state index in [1.54, 1.807) is 12.1 Å². The van der Waals surface area contributed by atoms with Crippen LogP contribution in [0.5, 0.6) is 5.75 Å². The first-order chi connectivity index (χ1) is 17.2. The second-order valence-electron chi connectivity index (χ2n) is 7.59. The summed E-state index contributed by atoms with van der Waals surface area (Å²) in [5, 5.41) is 24.3. The van der Waals surface area contributed by atoms with Gasteiger partial charge in [-0.25, -0.2) is 13.8 Å². The minimum atomic E-state index is -0.719. The molecule has 4 aromatic rings. The van der Waals surface area contributed by atoms with Gasteiger partial charge in [-0.05, 0) is 35.7 Å². The van der Waals surface area contributed by atoms with E-state index in [1.807, 2.05) is 19.1 Å². The smallest absolute Gasteiger partial charge is 0.296 e. The van der Waals surface area contributed by atoms with Gasteiger partial charge in [-0.1, -0.05) is 30.3 Å². The van der Waals surface area contributed by atoms with Crippen molar-refractivity contribution in [3.63, 3.8) is 0 Å². The number of carbonyl (C=O) groups is 1. The number of halogens is 2. The van der Waals surface area contributed by atoms with E-state index in [1.165, 1.54) is 31.6 Å². The Morgan fingerprint density at radius 3 is 2.56 bits per heavy atom. The van der Waals surface area contributed by atoms with Crippen molar-refractivity contribution < 1.29 is 23.2 Å². The fraction of sp³-hybridized carbons (Fsp3) is 0.160. The first kappa shape index (κ1) is 25.8. The fourth-order valence-corrected chi connectivity index (χ4v) is 3.46. The first-order valence-corrected chi connectivity index (χ1v) is 10.7. The first-order valence-electron chi connectivity index (χ1n) is 10.7. The zero-order valence-electron chi connectivity index (χ0n) is 19.3. The summed E-state index contributed by atoms with van der Waals surface area (Å²) in [5.41, 5.74) is 1.15. The number of rotatable bonds is 5. The molecule has 0 saturated carbocycles. The van der Waals surface area contributed by atoms with Gasteiger partial charge in [0.1, 0.15) is 23.6 Å². The van der Waals surface area contributed by atoms with Gasteiger partial charge in [0, 0.05) is 19.0 Å². The Balaban J connectivity index is 0.000000202. The van der Waals surface area contributed by atoms with Crippen molar-refractivity contribution in [3.8, 4) is 11.8 Å². The third-order valence-electron chi connectivity index (χ3n) is 5.16. The van der Waals surface area contributed by atoms with Crippen LogP contribution in [0.2, 0.25) is 0 Å². The lowest BCUT2D eigenvalue weighted by molar-refractivity contribution is 0.101. The number of benzene rings is 2. The summed E-state index contributed by atoms with van der Waals surface area (Å²) in [7, 11) is 1.41. The van der Waals surface area contributed by atoms with Gasteiger partial charge >= 0.3 is 0 Å². The maximum atomic E-state index is 13.3. The van der Waals surface area contributed by atoms with E-state index in [9.17, 15) is 23.5 Å². The Labute approximate surface area is 204 Å². The summed E-state index contributed by atoms with van der Waals surface area (Å²) in [4.78, 5) is 26.7. The van der Waals surface area contributed by atoms with Crippen molar-refractivity contribution in [1.82, 2.24) is 14.7 Å². The van der Waals surface area contributed by atoms with Crippen LogP contribution in [-0.4, -0.2) is 25.7 Å². The molecular weight excluding hydrogens is 472 g/mol. The van der Waals surface area contributed by atoms with Crippen molar-refractivity contribution in [1.29, 1.82) is 5.26 Å². The lowest BCUT2D eigenvalue weighted by atomic mass is 9.86. The van der Waals surface area contributed by atoms with Crippen LogP contribution in [0.1, 0.15) is 46.4 Å². The molecule has 0 saturated heterocycles. The second-order valence-corrected chi connectivity index (χ2v) is 7.59. The predicted molar refractivity (Wildman–Crippen MR) is 125 cm³/mol. The molecule has 0 radical (unpaired) electrons. The highest BCUT2D eigenvalue weighted by Crippen LogP contribution is 2.31. The van der Waals surface area contributed by atoms with Crippen molar-refractivity contribution >= 4 is 11.6 Å². The molecule has 9 nitrogen and oxygen atoms in total. The Morgan fingerprint density at radius 1 is 1.25 bits per heavy atom. The summed E-state index contributed by atoms with van der Waals surface area (Å²) in [6.07, 6.45) is 4.29. The van der Waals surface area contributed by atoms with Crippen molar-refractivity contribution in [3.05, 3.63) is 106 Å². The van der Waals surface area contributed by atoms with E-state index in [0.29, 0.717) is 23.2 Å². The van der Waals surface area contributed by atoms with E-state index in [-0.39, 0.29) is 11.6 Å². The summed E-state index contributed by atoms with van der Waals surface area (Å²) < 4.78 is 32.2. The molecule has 4 rings (SSSR count). The number of nitrogens with zero attached hydrogens (tertiary/aromatic N) is 4. The molecule has 0 fully saturated rings.